The molecule has 0 radical (unpaired) electrons. The molecule has 3 heteroatoms. The van der Waals surface area contributed by atoms with Gasteiger partial charge >= 0.3 is 0 Å². The molecule has 0 aliphatic heterocycles. The van der Waals surface area contributed by atoms with Gasteiger partial charge in [-0.25, -0.2) is 0 Å². The molecule has 28 heavy (non-hydrogen) atoms. The van der Waals surface area contributed by atoms with Gasteiger partial charge in [0, 0.05) is 54.6 Å². The first-order valence-corrected chi connectivity index (χ1v) is 10.0. The predicted molar refractivity (Wildman–Crippen MR) is 123 cm³/mol. The van der Waals surface area contributed by atoms with Crippen LogP contribution in [0.5, 0.6) is 0 Å². The first-order valence-electron chi connectivity index (χ1n) is 10.0. The summed E-state index contributed by atoms with van der Waals surface area (Å²) < 4.78 is 0. The maximum atomic E-state index is 2.33. The molecule has 0 spiro atoms. The maximum absolute atomic E-state index is 2.33. The van der Waals surface area contributed by atoms with Crippen molar-refractivity contribution in [2.45, 2.75) is 19.3 Å². The van der Waals surface area contributed by atoms with E-state index in [2.05, 4.69) is 106 Å². The van der Waals surface area contributed by atoms with Crippen LogP contribution in [0.25, 0.3) is 11.1 Å². The van der Waals surface area contributed by atoms with E-state index in [9.17, 15) is 0 Å². The predicted octanol–water partition coefficient (Wildman–Crippen LogP) is 4.97. The molecule has 0 aromatic heterocycles. The fraction of sp³-hybridized carbons (Fsp3) is 0.360. The molecule has 3 nitrogen and oxygen atoms in total. The van der Waals surface area contributed by atoms with Gasteiger partial charge in [-0.05, 0) is 40.3 Å². The number of benzene rings is 2. The first kappa shape index (κ1) is 18.7. The molecule has 4 rings (SSSR count). The van der Waals surface area contributed by atoms with Crippen LogP contribution in [0.1, 0.15) is 28.2 Å². The quantitative estimate of drug-likeness (QED) is 0.639. The lowest BCUT2D eigenvalue weighted by Crippen LogP contribution is -2.24. The normalized spacial score (nSPS) is 14.4. The van der Waals surface area contributed by atoms with Crippen LogP contribution < -0.4 is 14.7 Å². The van der Waals surface area contributed by atoms with Crippen molar-refractivity contribution in [1.29, 1.82) is 0 Å². The zero-order chi connectivity index (χ0) is 20.2. The van der Waals surface area contributed by atoms with Gasteiger partial charge in [-0.2, -0.15) is 0 Å². The van der Waals surface area contributed by atoms with Crippen LogP contribution in [0, 0.1) is 6.92 Å². The van der Waals surface area contributed by atoms with Gasteiger partial charge in [-0.3, -0.25) is 0 Å². The van der Waals surface area contributed by atoms with E-state index < -0.39 is 0 Å². The third-order valence-electron chi connectivity index (χ3n) is 5.96. The zero-order valence-electron chi connectivity index (χ0n) is 18.2. The lowest BCUT2D eigenvalue weighted by atomic mass is 9.85. The summed E-state index contributed by atoms with van der Waals surface area (Å²) in [6, 6.07) is 6.75. The number of fused-ring (bicyclic) bond motifs is 3. The first-order chi connectivity index (χ1) is 13.3. The molecule has 0 bridgehead atoms. The van der Waals surface area contributed by atoms with E-state index in [1.54, 1.807) is 0 Å². The topological polar surface area (TPSA) is 9.72 Å². The molecule has 2 aliphatic carbocycles. The van der Waals surface area contributed by atoms with Crippen LogP contribution in [0.4, 0.5) is 17.1 Å². The highest BCUT2D eigenvalue weighted by Crippen LogP contribution is 2.55. The van der Waals surface area contributed by atoms with Crippen molar-refractivity contribution in [3.05, 3.63) is 64.8 Å². The van der Waals surface area contributed by atoms with E-state index in [1.165, 1.54) is 50.4 Å². The summed E-state index contributed by atoms with van der Waals surface area (Å²) in [5.74, 6) is 0.312. The number of aryl methyl sites for hydroxylation is 1. The molecule has 0 N–H and O–H groups in total. The third kappa shape index (κ3) is 2.64. The van der Waals surface area contributed by atoms with Crippen LogP contribution >= 0.6 is 0 Å². The van der Waals surface area contributed by atoms with E-state index >= 15 is 0 Å². The SMILES string of the molecule is Cc1cccc2c1-c1c(c(N(C)C)c(N(C)C)c(N(C)C)c1C1C=CC=C1)C2. The molecule has 0 amide bonds. The molecule has 146 valence electrons. The molecule has 0 unspecified atom stereocenters. The lowest BCUT2D eigenvalue weighted by molar-refractivity contribution is 0.996. The van der Waals surface area contributed by atoms with Crippen LogP contribution in [-0.4, -0.2) is 42.3 Å². The second-order valence-electron chi connectivity index (χ2n) is 8.58. The molecule has 2 aromatic rings. The highest BCUT2D eigenvalue weighted by Gasteiger charge is 2.34. The number of hydrogen-bond donors (Lipinski definition) is 0. The lowest BCUT2D eigenvalue weighted by Gasteiger charge is -2.34. The summed E-state index contributed by atoms with van der Waals surface area (Å²) in [7, 11) is 13.0. The van der Waals surface area contributed by atoms with Gasteiger partial charge in [-0.1, -0.05) is 42.5 Å². The highest BCUT2D eigenvalue weighted by atomic mass is 15.2. The maximum Gasteiger partial charge on any atom is 0.0842 e. The van der Waals surface area contributed by atoms with Gasteiger partial charge in [0.15, 0.2) is 0 Å². The summed E-state index contributed by atoms with van der Waals surface area (Å²) in [6.07, 6.45) is 10.0. The summed E-state index contributed by atoms with van der Waals surface area (Å²) in [4.78, 5) is 6.88. The number of nitrogens with zero attached hydrogens (tertiary/aromatic N) is 3. The van der Waals surface area contributed by atoms with E-state index in [0.29, 0.717) is 5.92 Å². The Labute approximate surface area is 169 Å². The van der Waals surface area contributed by atoms with Gasteiger partial charge < -0.3 is 14.7 Å². The largest absolute Gasteiger partial charge is 0.376 e. The molecule has 0 atom stereocenters. The molecule has 0 saturated carbocycles. The van der Waals surface area contributed by atoms with Crippen molar-refractivity contribution in [3.8, 4) is 11.1 Å². The summed E-state index contributed by atoms with van der Waals surface area (Å²) in [6.45, 7) is 2.25. The molecule has 2 aromatic carbocycles. The molecule has 2 aliphatic rings. The van der Waals surface area contributed by atoms with Crippen molar-refractivity contribution in [2.75, 3.05) is 57.0 Å². The molecule has 0 fully saturated rings. The Morgan fingerprint density at radius 1 is 0.750 bits per heavy atom. The van der Waals surface area contributed by atoms with E-state index in [0.717, 1.165) is 6.42 Å². The average Bonchev–Trinajstić information content (AvgIpc) is 3.27. The number of allylic oxidation sites excluding steroid dienone is 4. The van der Waals surface area contributed by atoms with Crippen LogP contribution in [0.2, 0.25) is 0 Å². The molecular formula is C25H31N3. The monoisotopic (exact) mass is 373 g/mol. The second kappa shape index (κ2) is 6.73. The van der Waals surface area contributed by atoms with Crippen molar-refractivity contribution < 1.29 is 0 Å². The van der Waals surface area contributed by atoms with Gasteiger partial charge in [0.1, 0.15) is 0 Å². The van der Waals surface area contributed by atoms with Crippen LogP contribution in [-0.2, 0) is 6.42 Å². The Morgan fingerprint density at radius 3 is 1.93 bits per heavy atom. The number of anilines is 3. The zero-order valence-corrected chi connectivity index (χ0v) is 18.2. The highest BCUT2D eigenvalue weighted by molar-refractivity contribution is 6.00. The number of hydrogen-bond acceptors (Lipinski definition) is 3. The minimum Gasteiger partial charge on any atom is -0.376 e. The Bertz CT molecular complexity index is 982. The van der Waals surface area contributed by atoms with Crippen molar-refractivity contribution >= 4 is 17.1 Å². The summed E-state index contributed by atoms with van der Waals surface area (Å²) in [5, 5.41) is 0. The fourth-order valence-corrected chi connectivity index (χ4v) is 4.97. The molecule has 0 saturated heterocycles. The Morgan fingerprint density at radius 2 is 1.36 bits per heavy atom. The van der Waals surface area contributed by atoms with Gasteiger partial charge in [0.25, 0.3) is 0 Å². The molecule has 0 heterocycles. The summed E-state index contributed by atoms with van der Waals surface area (Å²) in [5.41, 5.74) is 12.6. The number of rotatable bonds is 4. The van der Waals surface area contributed by atoms with Gasteiger partial charge in [-0.15, -0.1) is 0 Å². The Hall–Kier alpha value is -2.68. The second-order valence-corrected chi connectivity index (χ2v) is 8.58. The fourth-order valence-electron chi connectivity index (χ4n) is 4.97. The molecular weight excluding hydrogens is 342 g/mol. The Kier molecular flexibility index (Phi) is 4.49. The standard InChI is InChI=1S/C25H31N3/c1-16-11-10-14-18-15-19-22(20(16)18)21(17-12-8-9-13-17)24(27(4)5)25(28(6)7)23(19)26(2)3/h8-14,17H,15H2,1-7H3. The van der Waals surface area contributed by atoms with Crippen molar-refractivity contribution in [3.63, 3.8) is 0 Å². The van der Waals surface area contributed by atoms with Crippen LogP contribution in [0.15, 0.2) is 42.5 Å². The van der Waals surface area contributed by atoms with E-state index in [1.807, 2.05) is 0 Å². The van der Waals surface area contributed by atoms with Crippen molar-refractivity contribution in [1.82, 2.24) is 0 Å². The minimum atomic E-state index is 0.312. The average molecular weight is 374 g/mol. The minimum absolute atomic E-state index is 0.312. The van der Waals surface area contributed by atoms with Gasteiger partial charge in [0.05, 0.1) is 17.1 Å². The van der Waals surface area contributed by atoms with Crippen molar-refractivity contribution in [2.24, 2.45) is 0 Å². The smallest absolute Gasteiger partial charge is 0.0842 e. The van der Waals surface area contributed by atoms with E-state index in [-0.39, 0.29) is 0 Å². The van der Waals surface area contributed by atoms with Gasteiger partial charge in [0.2, 0.25) is 0 Å². The van der Waals surface area contributed by atoms with E-state index in [4.69, 9.17) is 0 Å². The Balaban J connectivity index is 2.21. The third-order valence-corrected chi connectivity index (χ3v) is 5.96. The van der Waals surface area contributed by atoms with Crippen LogP contribution in [0.3, 0.4) is 0 Å². The summed E-state index contributed by atoms with van der Waals surface area (Å²) >= 11 is 0.